The van der Waals surface area contributed by atoms with Crippen molar-refractivity contribution >= 4 is 11.8 Å². The first kappa shape index (κ1) is 19.1. The molecule has 1 heterocycles. The number of amides is 2. The summed E-state index contributed by atoms with van der Waals surface area (Å²) < 4.78 is 1.92. The SMILES string of the molecule is CCC(C)NC(=O)CCNC(=O)c1nn(-c2ccccc2C)c2c1CCC2. The first-order chi connectivity index (χ1) is 13.0. The zero-order valence-electron chi connectivity index (χ0n) is 16.3. The standard InChI is InChI=1S/C21H28N4O2/c1-4-15(3)23-19(26)12-13-22-21(27)20-16-9-7-11-18(16)25(24-20)17-10-6-5-8-14(17)2/h5-6,8,10,15H,4,7,9,11-13H2,1-3H3,(H,22,27)(H,23,26). The van der Waals surface area contributed by atoms with Crippen molar-refractivity contribution in [2.45, 2.75) is 58.9 Å². The molecule has 3 rings (SSSR count). The van der Waals surface area contributed by atoms with E-state index in [-0.39, 0.29) is 24.3 Å². The predicted octanol–water partition coefficient (Wildman–Crippen LogP) is 2.70. The van der Waals surface area contributed by atoms with Gasteiger partial charge in [0, 0.05) is 30.3 Å². The molecule has 0 aliphatic heterocycles. The van der Waals surface area contributed by atoms with Crippen LogP contribution in [0, 0.1) is 6.92 Å². The highest BCUT2D eigenvalue weighted by atomic mass is 16.2. The Labute approximate surface area is 160 Å². The van der Waals surface area contributed by atoms with Gasteiger partial charge in [-0.2, -0.15) is 5.10 Å². The number of rotatable bonds is 7. The first-order valence-corrected chi connectivity index (χ1v) is 9.75. The van der Waals surface area contributed by atoms with Gasteiger partial charge in [-0.05, 0) is 51.2 Å². The van der Waals surface area contributed by atoms with Crippen molar-refractivity contribution in [3.63, 3.8) is 0 Å². The zero-order chi connectivity index (χ0) is 19.4. The monoisotopic (exact) mass is 368 g/mol. The average Bonchev–Trinajstić information content (AvgIpc) is 3.24. The highest BCUT2D eigenvalue weighted by Crippen LogP contribution is 2.28. The molecule has 0 spiro atoms. The van der Waals surface area contributed by atoms with E-state index in [2.05, 4.69) is 15.7 Å². The van der Waals surface area contributed by atoms with Crippen molar-refractivity contribution in [2.75, 3.05) is 6.54 Å². The summed E-state index contributed by atoms with van der Waals surface area (Å²) in [5.41, 5.74) is 4.81. The number of hydrogen-bond acceptors (Lipinski definition) is 3. The number of fused-ring (bicyclic) bond motifs is 1. The van der Waals surface area contributed by atoms with E-state index in [1.165, 1.54) is 0 Å². The van der Waals surface area contributed by atoms with Crippen LogP contribution in [0.3, 0.4) is 0 Å². The summed E-state index contributed by atoms with van der Waals surface area (Å²) in [6.07, 6.45) is 4.01. The Bertz CT molecular complexity index is 841. The predicted molar refractivity (Wildman–Crippen MR) is 105 cm³/mol. The van der Waals surface area contributed by atoms with E-state index in [4.69, 9.17) is 0 Å². The molecule has 2 N–H and O–H groups in total. The van der Waals surface area contributed by atoms with Gasteiger partial charge < -0.3 is 10.6 Å². The third kappa shape index (κ3) is 4.21. The Kier molecular flexibility index (Phi) is 5.94. The molecule has 2 aromatic rings. The van der Waals surface area contributed by atoms with Crippen molar-refractivity contribution in [1.29, 1.82) is 0 Å². The van der Waals surface area contributed by atoms with Crippen molar-refractivity contribution in [3.05, 3.63) is 46.8 Å². The average molecular weight is 368 g/mol. The summed E-state index contributed by atoms with van der Waals surface area (Å²) >= 11 is 0. The molecule has 1 unspecified atom stereocenters. The lowest BCUT2D eigenvalue weighted by Gasteiger charge is -2.11. The number of nitrogens with one attached hydrogen (secondary N) is 2. The van der Waals surface area contributed by atoms with E-state index < -0.39 is 0 Å². The van der Waals surface area contributed by atoms with E-state index >= 15 is 0 Å². The van der Waals surface area contributed by atoms with E-state index in [1.54, 1.807) is 0 Å². The highest BCUT2D eigenvalue weighted by molar-refractivity contribution is 5.94. The van der Waals surface area contributed by atoms with Gasteiger partial charge in [0.25, 0.3) is 5.91 Å². The van der Waals surface area contributed by atoms with Crippen LogP contribution in [0.15, 0.2) is 24.3 Å². The molecule has 6 heteroatoms. The van der Waals surface area contributed by atoms with Crippen LogP contribution in [-0.4, -0.2) is 34.2 Å². The normalized spacial score (nSPS) is 13.9. The summed E-state index contributed by atoms with van der Waals surface area (Å²) in [6, 6.07) is 8.22. The molecule has 6 nitrogen and oxygen atoms in total. The Morgan fingerprint density at radius 3 is 2.78 bits per heavy atom. The topological polar surface area (TPSA) is 76.0 Å². The second kappa shape index (κ2) is 8.37. The molecule has 0 fully saturated rings. The van der Waals surface area contributed by atoms with Crippen molar-refractivity contribution in [3.8, 4) is 5.69 Å². The Hall–Kier alpha value is -2.63. The molecule has 0 saturated carbocycles. The maximum Gasteiger partial charge on any atom is 0.272 e. The summed E-state index contributed by atoms with van der Waals surface area (Å²) in [4.78, 5) is 24.5. The van der Waals surface area contributed by atoms with E-state index in [0.717, 1.165) is 48.2 Å². The molecule has 1 aromatic heterocycles. The Morgan fingerprint density at radius 1 is 1.26 bits per heavy atom. The lowest BCUT2D eigenvalue weighted by Crippen LogP contribution is -2.35. The minimum atomic E-state index is -0.197. The number of nitrogens with zero attached hydrogens (tertiary/aromatic N) is 2. The fourth-order valence-electron chi connectivity index (χ4n) is 3.44. The van der Waals surface area contributed by atoms with Gasteiger partial charge >= 0.3 is 0 Å². The molecule has 1 aliphatic carbocycles. The molecule has 0 bridgehead atoms. The molecule has 1 atom stereocenters. The summed E-state index contributed by atoms with van der Waals surface area (Å²) in [5.74, 6) is -0.239. The molecule has 0 saturated heterocycles. The van der Waals surface area contributed by atoms with Gasteiger partial charge in [-0.25, -0.2) is 4.68 Å². The molecular weight excluding hydrogens is 340 g/mol. The smallest absolute Gasteiger partial charge is 0.272 e. The first-order valence-electron chi connectivity index (χ1n) is 9.75. The van der Waals surface area contributed by atoms with Crippen molar-refractivity contribution < 1.29 is 9.59 Å². The van der Waals surface area contributed by atoms with Gasteiger partial charge in [0.15, 0.2) is 5.69 Å². The van der Waals surface area contributed by atoms with Crippen LogP contribution >= 0.6 is 0 Å². The zero-order valence-corrected chi connectivity index (χ0v) is 16.3. The quantitative estimate of drug-likeness (QED) is 0.789. The van der Waals surface area contributed by atoms with Gasteiger partial charge in [-0.3, -0.25) is 9.59 Å². The van der Waals surface area contributed by atoms with Crippen LogP contribution < -0.4 is 10.6 Å². The fourth-order valence-corrected chi connectivity index (χ4v) is 3.44. The van der Waals surface area contributed by atoms with E-state index in [1.807, 2.05) is 49.7 Å². The Balaban J connectivity index is 1.70. The second-order valence-corrected chi connectivity index (χ2v) is 7.21. The van der Waals surface area contributed by atoms with Crippen molar-refractivity contribution in [2.24, 2.45) is 0 Å². The largest absolute Gasteiger partial charge is 0.354 e. The maximum atomic E-state index is 12.7. The van der Waals surface area contributed by atoms with Gasteiger partial charge in [0.2, 0.25) is 5.91 Å². The van der Waals surface area contributed by atoms with Crippen molar-refractivity contribution in [1.82, 2.24) is 20.4 Å². The lowest BCUT2D eigenvalue weighted by atomic mass is 10.1. The number of aromatic nitrogens is 2. The van der Waals surface area contributed by atoms with Gasteiger partial charge in [-0.15, -0.1) is 0 Å². The molecule has 144 valence electrons. The van der Waals surface area contributed by atoms with Crippen LogP contribution in [-0.2, 0) is 17.6 Å². The molecule has 27 heavy (non-hydrogen) atoms. The summed E-state index contributed by atoms with van der Waals surface area (Å²) in [5, 5.41) is 10.4. The molecule has 1 aromatic carbocycles. The number of aryl methyl sites for hydroxylation is 1. The van der Waals surface area contributed by atoms with Crippen LogP contribution in [0.1, 0.15) is 60.4 Å². The third-order valence-electron chi connectivity index (χ3n) is 5.15. The van der Waals surface area contributed by atoms with Crippen LogP contribution in [0.25, 0.3) is 5.69 Å². The van der Waals surface area contributed by atoms with E-state index in [0.29, 0.717) is 12.2 Å². The fraction of sp³-hybridized carbons (Fsp3) is 0.476. The minimum absolute atomic E-state index is 0.0414. The second-order valence-electron chi connectivity index (χ2n) is 7.21. The highest BCUT2D eigenvalue weighted by Gasteiger charge is 2.27. The van der Waals surface area contributed by atoms with Crippen LogP contribution in [0.2, 0.25) is 0 Å². The van der Waals surface area contributed by atoms with Gasteiger partial charge in [0.1, 0.15) is 0 Å². The third-order valence-corrected chi connectivity index (χ3v) is 5.15. The Morgan fingerprint density at radius 2 is 2.04 bits per heavy atom. The number of para-hydroxylation sites is 1. The van der Waals surface area contributed by atoms with Crippen LogP contribution in [0.4, 0.5) is 0 Å². The molecular formula is C21H28N4O2. The molecule has 2 amide bonds. The summed E-state index contributed by atoms with van der Waals surface area (Å²) in [6.45, 7) is 6.36. The van der Waals surface area contributed by atoms with Gasteiger partial charge in [0.05, 0.1) is 5.69 Å². The van der Waals surface area contributed by atoms with E-state index in [9.17, 15) is 9.59 Å². The lowest BCUT2D eigenvalue weighted by molar-refractivity contribution is -0.121. The maximum absolute atomic E-state index is 12.7. The number of hydrogen-bond donors (Lipinski definition) is 2. The molecule has 0 radical (unpaired) electrons. The number of carbonyl (C=O) groups excluding carboxylic acids is 2. The number of benzene rings is 1. The number of carbonyl (C=O) groups is 2. The van der Waals surface area contributed by atoms with Gasteiger partial charge in [-0.1, -0.05) is 25.1 Å². The minimum Gasteiger partial charge on any atom is -0.354 e. The summed E-state index contributed by atoms with van der Waals surface area (Å²) in [7, 11) is 0. The van der Waals surface area contributed by atoms with Crippen LogP contribution in [0.5, 0.6) is 0 Å². The molecule has 1 aliphatic rings.